The van der Waals surface area contributed by atoms with Crippen LogP contribution in [0.1, 0.15) is 101 Å². The number of carbonyl (C=O) groups is 12. The van der Waals surface area contributed by atoms with Gasteiger partial charge < -0.3 is 120 Å². The topological polar surface area (TPSA) is 678 Å². The summed E-state index contributed by atoms with van der Waals surface area (Å²) in [6.07, 6.45) is 4.35. The molecule has 1 heterocycles. The van der Waals surface area contributed by atoms with E-state index in [1.807, 2.05) is 0 Å². The van der Waals surface area contributed by atoms with Gasteiger partial charge in [0.1, 0.15) is 48.3 Å². The molecule has 31 N–H and O–H groups in total. The average Bonchev–Trinajstić information content (AvgIpc) is 0.912. The molecular formula is C58H94ClN25O14S2. The fraction of sp³-hybridized carbons (Fsp3) is 0.569. The monoisotopic (exact) mass is 1460 g/mol. The van der Waals surface area contributed by atoms with Crippen molar-refractivity contribution in [3.8, 4) is 0 Å². The number of benzene rings is 1. The van der Waals surface area contributed by atoms with Gasteiger partial charge in [-0.25, -0.2) is 9.78 Å². The van der Waals surface area contributed by atoms with Crippen molar-refractivity contribution in [3.05, 3.63) is 53.1 Å². The molecule has 1 saturated carbocycles. The number of carboxylic acids is 2. The van der Waals surface area contributed by atoms with Crippen molar-refractivity contribution in [2.45, 2.75) is 162 Å². The Labute approximate surface area is 591 Å². The van der Waals surface area contributed by atoms with E-state index in [-0.39, 0.29) is 119 Å². The van der Waals surface area contributed by atoms with Gasteiger partial charge in [-0.15, -0.1) is 0 Å². The third-order valence-corrected chi connectivity index (χ3v) is 16.5. The molecule has 1 aromatic heterocycles. The number of carbonyl (C=O) groups excluding carboxylic acids is 10. The van der Waals surface area contributed by atoms with E-state index >= 15 is 0 Å². The lowest BCUT2D eigenvalue weighted by Crippen LogP contribution is -2.61. The number of carboxylic acid groups (broad SMARTS) is 2. The van der Waals surface area contributed by atoms with Crippen LogP contribution in [0.15, 0.2) is 56.8 Å². The summed E-state index contributed by atoms with van der Waals surface area (Å²) in [6.45, 7) is -1.52. The van der Waals surface area contributed by atoms with Crippen molar-refractivity contribution in [1.29, 1.82) is 0 Å². The number of H-pyrrole nitrogens is 1. The largest absolute Gasteiger partial charge is 0.481 e. The van der Waals surface area contributed by atoms with Crippen LogP contribution >= 0.6 is 36.9 Å². The molecule has 3 rings (SSSR count). The Kier molecular flexibility index (Phi) is 37.3. The summed E-state index contributed by atoms with van der Waals surface area (Å²) in [7, 11) is 0. The van der Waals surface area contributed by atoms with E-state index in [4.69, 9.17) is 75.8 Å². The summed E-state index contributed by atoms with van der Waals surface area (Å²) in [5.74, 6) is -14.0. The SMILES string of the molecule is NC(N)=NCCC[C@H](NC(=O)[C@H](CS)NC(=O)[C@H](CCCN=C(N)N)NC(=O)[C@H](Cc1ccc(Cl)cc1)NC(=O)[C@H](CC(=O)O)NC(=O)CNC(=O)[C@H](CCCN=C(N)N)NC(=O)[C@H](Cc1cnc[nH]1)NC(=O)CNC(=O)C(NC(=O)[C@@H](N)CCCN=C(N)N)C1(S)CCCCC1)C(=O)O. The standard InChI is InChI=1S/C58H94ClN25O14S2/c59-31-14-12-30(13-15-31)22-37(48(92)80-35(10-6-20-72-56(65)66)47(91)83-40(28-99)51(95)81-36(53(97)98)11-7-21-73-57(67)68)82-50(94)39(24-43(87)88)78-41(85)26-74-46(90)34(9-5-19-71-55(63)64)79-49(93)38(23-32-25-69-29-76-32)77-42(86)27-75-52(96)44(58(100)16-2-1-3-17-58)84-45(89)33(60)8-4-18-70-54(61)62/h12-15,25,29,33-40,44,99-100H,1-11,16-24,26-28,60H2,(H,69,76)(H,74,90)(H,75,96)(H,77,86)(H,78,85)(H,79,93)(H,80,92)(H,81,95)(H,82,94)(H,83,91)(H,84,89)(H,87,88)(H,97,98)(H4,61,62,70)(H4,63,64,71)(H4,65,66,72)(H4,67,68,73)/t33-,34-,35-,36-,37-,38-,39-,40-,44?/m0/s1. The number of aliphatic imine (C=N–C) groups is 4. The number of aromatic amines is 1. The van der Waals surface area contributed by atoms with Gasteiger partial charge in [0.15, 0.2) is 23.8 Å². The smallest absolute Gasteiger partial charge is 0.326 e. The van der Waals surface area contributed by atoms with Crippen molar-refractivity contribution in [2.24, 2.45) is 71.6 Å². The summed E-state index contributed by atoms with van der Waals surface area (Å²) < 4.78 is -1.03. The number of imidazole rings is 1. The van der Waals surface area contributed by atoms with E-state index in [1.54, 1.807) is 0 Å². The first-order valence-electron chi connectivity index (χ1n) is 31.7. The molecule has 2 aromatic rings. The van der Waals surface area contributed by atoms with Crippen molar-refractivity contribution in [1.82, 2.24) is 63.1 Å². The highest BCUT2D eigenvalue weighted by molar-refractivity contribution is 7.82. The van der Waals surface area contributed by atoms with Gasteiger partial charge in [-0.2, -0.15) is 25.3 Å². The summed E-state index contributed by atoms with van der Waals surface area (Å²) in [4.78, 5) is 186. The number of amides is 10. The van der Waals surface area contributed by atoms with Gasteiger partial charge in [-0.05, 0) is 81.9 Å². The molecule has 0 saturated heterocycles. The number of aliphatic carboxylic acids is 2. The molecule has 0 bridgehead atoms. The molecule has 1 fully saturated rings. The second-order valence-electron chi connectivity index (χ2n) is 23.2. The van der Waals surface area contributed by atoms with Gasteiger partial charge in [-0.3, -0.25) is 72.7 Å². The Bertz CT molecular complexity index is 3200. The Morgan fingerprint density at radius 3 is 1.42 bits per heavy atom. The molecule has 0 spiro atoms. The number of nitrogens with zero attached hydrogens (tertiary/aromatic N) is 5. The first kappa shape index (κ1) is 84.3. The molecule has 9 atom stereocenters. The normalized spacial score (nSPS) is 14.9. The highest BCUT2D eigenvalue weighted by Gasteiger charge is 2.43. The predicted molar refractivity (Wildman–Crippen MR) is 375 cm³/mol. The van der Waals surface area contributed by atoms with Gasteiger partial charge in [0.2, 0.25) is 59.1 Å². The molecule has 100 heavy (non-hydrogen) atoms. The zero-order valence-electron chi connectivity index (χ0n) is 54.9. The van der Waals surface area contributed by atoms with Crippen LogP contribution in [0, 0.1) is 0 Å². The minimum atomic E-state index is -1.96. The molecule has 554 valence electrons. The average molecular weight is 1470 g/mol. The molecule has 39 nitrogen and oxygen atoms in total. The van der Waals surface area contributed by atoms with E-state index in [0.717, 1.165) is 6.42 Å². The van der Waals surface area contributed by atoms with Crippen molar-refractivity contribution >= 4 is 132 Å². The van der Waals surface area contributed by atoms with Crippen LogP contribution in [-0.2, 0) is 70.4 Å². The highest BCUT2D eigenvalue weighted by Crippen LogP contribution is 2.37. The van der Waals surface area contributed by atoms with Gasteiger partial charge in [0.25, 0.3) is 0 Å². The van der Waals surface area contributed by atoms with Crippen LogP contribution < -0.4 is 105 Å². The quantitative estimate of drug-likeness (QED) is 0.0127. The molecule has 1 aliphatic carbocycles. The molecule has 42 heteroatoms. The van der Waals surface area contributed by atoms with Gasteiger partial charge in [0.05, 0.1) is 31.9 Å². The summed E-state index contributed by atoms with van der Waals surface area (Å²) >= 11 is 15.2. The maximum absolute atomic E-state index is 14.4. The fourth-order valence-electron chi connectivity index (χ4n) is 9.98. The van der Waals surface area contributed by atoms with E-state index < -0.39 is 150 Å². The molecule has 1 aliphatic rings. The molecule has 10 amide bonds. The second kappa shape index (κ2) is 44.2. The maximum Gasteiger partial charge on any atom is 0.326 e. The number of rotatable bonds is 45. The van der Waals surface area contributed by atoms with Gasteiger partial charge >= 0.3 is 11.9 Å². The third-order valence-electron chi connectivity index (χ3n) is 15.1. The highest BCUT2D eigenvalue weighted by atomic mass is 35.5. The molecule has 1 unspecified atom stereocenters. The van der Waals surface area contributed by atoms with Crippen LogP contribution in [0.3, 0.4) is 0 Å². The van der Waals surface area contributed by atoms with Crippen LogP contribution in [0.4, 0.5) is 0 Å². The van der Waals surface area contributed by atoms with Crippen LogP contribution in [0.2, 0.25) is 5.02 Å². The summed E-state index contributed by atoms with van der Waals surface area (Å²) in [5.41, 5.74) is 50.4. The van der Waals surface area contributed by atoms with Crippen molar-refractivity contribution in [3.63, 3.8) is 0 Å². The molecular weight excluding hydrogens is 1370 g/mol. The van der Waals surface area contributed by atoms with Crippen LogP contribution in [0.25, 0.3) is 0 Å². The summed E-state index contributed by atoms with van der Waals surface area (Å²) in [6, 6.07) is -7.44. The maximum atomic E-state index is 14.4. The number of guanidine groups is 4. The first-order valence-corrected chi connectivity index (χ1v) is 33.2. The second-order valence-corrected chi connectivity index (χ2v) is 24.9. The predicted octanol–water partition coefficient (Wildman–Crippen LogP) is -7.38. The lowest BCUT2D eigenvalue weighted by Gasteiger charge is -2.39. The number of nitrogens with one attached hydrogen (secondary N) is 11. The van der Waals surface area contributed by atoms with E-state index in [9.17, 15) is 67.7 Å². The van der Waals surface area contributed by atoms with Crippen LogP contribution in [-0.4, -0.2) is 219 Å². The number of nitrogens with two attached hydrogens (primary N) is 9. The third kappa shape index (κ3) is 32.6. The Balaban J connectivity index is 1.86. The van der Waals surface area contributed by atoms with Gasteiger partial charge in [0, 0.05) is 66.4 Å². The van der Waals surface area contributed by atoms with Crippen molar-refractivity contribution < 1.29 is 67.7 Å². The molecule has 0 radical (unpaired) electrons. The van der Waals surface area contributed by atoms with E-state index in [1.165, 1.54) is 36.8 Å². The fourth-order valence-corrected chi connectivity index (χ4v) is 10.9. The Hall–Kier alpha value is -9.90. The molecule has 1 aromatic carbocycles. The number of halogens is 1. The minimum absolute atomic E-state index is 0.0352. The number of aromatic nitrogens is 2. The Morgan fingerprint density at radius 1 is 0.520 bits per heavy atom. The zero-order chi connectivity index (χ0) is 74.5. The lowest BCUT2D eigenvalue weighted by atomic mass is 9.82. The van der Waals surface area contributed by atoms with Crippen LogP contribution in [0.5, 0.6) is 0 Å². The number of thiol groups is 2. The van der Waals surface area contributed by atoms with Crippen molar-refractivity contribution in [2.75, 3.05) is 45.0 Å². The number of hydrogen-bond acceptors (Lipinski definition) is 20. The summed E-state index contributed by atoms with van der Waals surface area (Å²) in [5, 5.41) is 44.7. The minimum Gasteiger partial charge on any atom is -0.481 e. The zero-order valence-corrected chi connectivity index (χ0v) is 57.5. The lowest BCUT2D eigenvalue weighted by molar-refractivity contribution is -0.142. The Morgan fingerprint density at radius 2 is 0.940 bits per heavy atom. The van der Waals surface area contributed by atoms with Gasteiger partial charge in [-0.1, -0.05) is 43.0 Å². The van der Waals surface area contributed by atoms with E-state index in [2.05, 4.69) is 95.7 Å². The first-order chi connectivity index (χ1) is 47.3. The number of hydrogen-bond donors (Lipinski definition) is 24. The molecule has 0 aliphatic heterocycles. The van der Waals surface area contributed by atoms with E-state index in [0.29, 0.717) is 43.4 Å².